The molecule has 2 N–H and O–H groups in total. The average Bonchev–Trinajstić information content (AvgIpc) is 2.86. The number of hydrogen-bond acceptors (Lipinski definition) is 3. The third kappa shape index (κ3) is 4.28. The quantitative estimate of drug-likeness (QED) is 0.868. The first-order valence-corrected chi connectivity index (χ1v) is 7.45. The van der Waals surface area contributed by atoms with Crippen LogP contribution >= 0.6 is 35.8 Å². The molecule has 3 nitrogen and oxygen atoms in total. The van der Waals surface area contributed by atoms with Gasteiger partial charge in [0.2, 0.25) is 5.91 Å². The van der Waals surface area contributed by atoms with Gasteiger partial charge in [0.05, 0.1) is 10.8 Å². The van der Waals surface area contributed by atoms with E-state index in [9.17, 15) is 4.79 Å². The van der Waals surface area contributed by atoms with Gasteiger partial charge in [-0.05, 0) is 25.0 Å². The van der Waals surface area contributed by atoms with Crippen LogP contribution in [0, 0.1) is 0 Å². The van der Waals surface area contributed by atoms with Crippen LogP contribution in [0.4, 0.5) is 0 Å². The molecule has 1 unspecified atom stereocenters. The number of carbonyl (C=O) groups is 1. The van der Waals surface area contributed by atoms with Crippen molar-refractivity contribution in [2.24, 2.45) is 5.73 Å². The summed E-state index contributed by atoms with van der Waals surface area (Å²) in [6.07, 6.45) is 2.09. The molecule has 0 aliphatic carbocycles. The number of carbonyl (C=O) groups excluding carboxylic acids is 1. The molecule has 1 aromatic rings. The zero-order valence-electron chi connectivity index (χ0n) is 10.5. The molecule has 1 fully saturated rings. The van der Waals surface area contributed by atoms with Crippen LogP contribution in [-0.2, 0) is 4.79 Å². The predicted octanol–water partition coefficient (Wildman–Crippen LogP) is 2.80. The molecule has 0 saturated carbocycles. The fourth-order valence-corrected chi connectivity index (χ4v) is 3.32. The molecule has 1 saturated heterocycles. The Morgan fingerprint density at radius 3 is 2.89 bits per heavy atom. The Morgan fingerprint density at radius 2 is 2.21 bits per heavy atom. The molecule has 0 bridgehead atoms. The van der Waals surface area contributed by atoms with E-state index < -0.39 is 0 Å². The average molecular weight is 321 g/mol. The minimum Gasteiger partial charge on any atom is -0.338 e. The number of amides is 1. The van der Waals surface area contributed by atoms with Crippen molar-refractivity contribution in [1.82, 2.24) is 4.90 Å². The van der Waals surface area contributed by atoms with E-state index in [1.165, 1.54) is 11.8 Å². The molecular weight excluding hydrogens is 303 g/mol. The van der Waals surface area contributed by atoms with Crippen LogP contribution in [0.1, 0.15) is 12.8 Å². The fraction of sp³-hybridized carbons (Fsp3) is 0.462. The summed E-state index contributed by atoms with van der Waals surface area (Å²) in [6.45, 7) is 1.40. The highest BCUT2D eigenvalue weighted by Gasteiger charge is 2.27. The van der Waals surface area contributed by atoms with Crippen molar-refractivity contribution in [2.75, 3.05) is 18.8 Å². The summed E-state index contributed by atoms with van der Waals surface area (Å²) in [7, 11) is 0. The van der Waals surface area contributed by atoms with Gasteiger partial charge in [-0.1, -0.05) is 23.7 Å². The maximum atomic E-state index is 12.1. The summed E-state index contributed by atoms with van der Waals surface area (Å²) in [5.41, 5.74) is 5.67. The van der Waals surface area contributed by atoms with Gasteiger partial charge in [-0.2, -0.15) is 0 Å². The zero-order chi connectivity index (χ0) is 13.0. The summed E-state index contributed by atoms with van der Waals surface area (Å²) in [4.78, 5) is 15.0. The normalized spacial score (nSPS) is 18.2. The minimum absolute atomic E-state index is 0. The summed E-state index contributed by atoms with van der Waals surface area (Å²) < 4.78 is 0. The lowest BCUT2D eigenvalue weighted by molar-refractivity contribution is -0.128. The number of hydrogen-bond donors (Lipinski definition) is 1. The van der Waals surface area contributed by atoms with Crippen molar-refractivity contribution in [3.05, 3.63) is 29.3 Å². The van der Waals surface area contributed by atoms with Crippen LogP contribution in [0.25, 0.3) is 0 Å². The van der Waals surface area contributed by atoms with Gasteiger partial charge in [-0.25, -0.2) is 0 Å². The van der Waals surface area contributed by atoms with E-state index in [0.29, 0.717) is 17.3 Å². The van der Waals surface area contributed by atoms with Crippen molar-refractivity contribution in [2.45, 2.75) is 23.8 Å². The van der Waals surface area contributed by atoms with Crippen molar-refractivity contribution in [3.8, 4) is 0 Å². The van der Waals surface area contributed by atoms with Crippen LogP contribution in [0.15, 0.2) is 29.2 Å². The molecule has 1 heterocycles. The van der Waals surface area contributed by atoms with Gasteiger partial charge in [-0.3, -0.25) is 4.79 Å². The number of rotatable bonds is 4. The summed E-state index contributed by atoms with van der Waals surface area (Å²) >= 11 is 7.55. The predicted molar refractivity (Wildman–Crippen MR) is 83.2 cm³/mol. The molecule has 1 aliphatic heterocycles. The van der Waals surface area contributed by atoms with Gasteiger partial charge in [0.15, 0.2) is 0 Å². The van der Waals surface area contributed by atoms with Crippen LogP contribution in [0.5, 0.6) is 0 Å². The Labute approximate surface area is 129 Å². The lowest BCUT2D eigenvalue weighted by Gasteiger charge is -2.23. The molecule has 1 amide bonds. The first-order valence-electron chi connectivity index (χ1n) is 6.09. The highest BCUT2D eigenvalue weighted by atomic mass is 35.5. The van der Waals surface area contributed by atoms with E-state index in [4.69, 9.17) is 17.3 Å². The van der Waals surface area contributed by atoms with Crippen LogP contribution < -0.4 is 5.73 Å². The van der Waals surface area contributed by atoms with Crippen LogP contribution in [-0.4, -0.2) is 35.7 Å². The molecule has 1 aliphatic rings. The van der Waals surface area contributed by atoms with Gasteiger partial charge in [0, 0.05) is 24.0 Å². The highest BCUT2D eigenvalue weighted by Crippen LogP contribution is 2.27. The van der Waals surface area contributed by atoms with Gasteiger partial charge < -0.3 is 10.6 Å². The van der Waals surface area contributed by atoms with Crippen molar-refractivity contribution < 1.29 is 4.79 Å². The summed E-state index contributed by atoms with van der Waals surface area (Å²) in [5, 5.41) is 0.701. The van der Waals surface area contributed by atoms with Crippen LogP contribution in [0.3, 0.4) is 0 Å². The summed E-state index contributed by atoms with van der Waals surface area (Å²) in [5.74, 6) is 0.591. The fourth-order valence-electron chi connectivity index (χ4n) is 2.19. The Balaban J connectivity index is 0.00000180. The maximum absolute atomic E-state index is 12.1. The molecule has 1 aromatic carbocycles. The number of nitrogens with two attached hydrogens (primary N) is 1. The van der Waals surface area contributed by atoms with Crippen molar-refractivity contribution in [1.29, 1.82) is 0 Å². The molecular formula is C13H18Cl2N2OS. The lowest BCUT2D eigenvalue weighted by Crippen LogP contribution is -2.40. The standard InChI is InChI=1S/C13H17ClN2OS.ClH/c14-11-5-1-2-6-12(11)18-9-13(17)16-7-3-4-10(16)8-15;/h1-2,5-6,10H,3-4,7-9,15H2;1H. The zero-order valence-corrected chi connectivity index (χ0v) is 12.9. The first kappa shape index (κ1) is 16.6. The Kier molecular flexibility index (Phi) is 7.00. The number of nitrogens with zero attached hydrogens (tertiary/aromatic N) is 1. The van der Waals surface area contributed by atoms with Gasteiger partial charge in [-0.15, -0.1) is 24.2 Å². The third-order valence-corrected chi connectivity index (χ3v) is 4.66. The lowest BCUT2D eigenvalue weighted by atomic mass is 10.2. The molecule has 19 heavy (non-hydrogen) atoms. The van der Waals surface area contributed by atoms with E-state index in [0.717, 1.165) is 24.3 Å². The number of thioether (sulfide) groups is 1. The van der Waals surface area contributed by atoms with E-state index in [2.05, 4.69) is 0 Å². The van der Waals surface area contributed by atoms with Crippen LogP contribution in [0.2, 0.25) is 5.02 Å². The SMILES string of the molecule is Cl.NCC1CCCN1C(=O)CSc1ccccc1Cl. The molecule has 106 valence electrons. The van der Waals surface area contributed by atoms with E-state index in [1.807, 2.05) is 29.2 Å². The first-order chi connectivity index (χ1) is 8.72. The van der Waals surface area contributed by atoms with Crippen molar-refractivity contribution in [3.63, 3.8) is 0 Å². The monoisotopic (exact) mass is 320 g/mol. The van der Waals surface area contributed by atoms with E-state index in [1.54, 1.807) is 0 Å². The Hall–Kier alpha value is -0.420. The molecule has 0 spiro atoms. The minimum atomic E-state index is 0. The molecule has 6 heteroatoms. The second kappa shape index (κ2) is 8.00. The molecule has 0 aromatic heterocycles. The van der Waals surface area contributed by atoms with Crippen molar-refractivity contribution >= 4 is 41.7 Å². The number of halogens is 2. The highest BCUT2D eigenvalue weighted by molar-refractivity contribution is 8.00. The summed E-state index contributed by atoms with van der Waals surface area (Å²) in [6, 6.07) is 7.82. The van der Waals surface area contributed by atoms with Gasteiger partial charge >= 0.3 is 0 Å². The Morgan fingerprint density at radius 1 is 1.47 bits per heavy atom. The van der Waals surface area contributed by atoms with E-state index >= 15 is 0 Å². The third-order valence-electron chi connectivity index (χ3n) is 3.16. The number of likely N-dealkylation sites (tertiary alicyclic amines) is 1. The molecule has 0 radical (unpaired) electrons. The smallest absolute Gasteiger partial charge is 0.233 e. The second-order valence-corrected chi connectivity index (χ2v) is 5.76. The topological polar surface area (TPSA) is 46.3 Å². The number of benzene rings is 1. The maximum Gasteiger partial charge on any atom is 0.233 e. The second-order valence-electron chi connectivity index (χ2n) is 4.34. The van der Waals surface area contributed by atoms with E-state index in [-0.39, 0.29) is 24.4 Å². The molecule has 2 rings (SSSR count). The van der Waals surface area contributed by atoms with Gasteiger partial charge in [0.25, 0.3) is 0 Å². The Bertz CT molecular complexity index is 431. The van der Waals surface area contributed by atoms with Gasteiger partial charge in [0.1, 0.15) is 0 Å². The largest absolute Gasteiger partial charge is 0.338 e. The molecule has 1 atom stereocenters.